The number of rotatable bonds is 9. The molecule has 1 unspecified atom stereocenters. The summed E-state index contributed by atoms with van der Waals surface area (Å²) in [7, 11) is 1.72. The molecular formula is C15H27N3O2. The first kappa shape index (κ1) is 16.7. The normalized spacial score (nSPS) is 14.2. The minimum absolute atomic E-state index is 0.582. The van der Waals surface area contributed by atoms with E-state index < -0.39 is 11.5 Å². The second-order valence-corrected chi connectivity index (χ2v) is 5.15. The number of likely N-dealkylation sites (N-methyl/N-ethyl adjacent to an activating group) is 1. The van der Waals surface area contributed by atoms with Crippen LogP contribution in [-0.2, 0) is 24.2 Å². The van der Waals surface area contributed by atoms with E-state index in [4.69, 9.17) is 0 Å². The highest BCUT2D eigenvalue weighted by Gasteiger charge is 2.34. The van der Waals surface area contributed by atoms with Crippen LogP contribution in [0, 0.1) is 0 Å². The zero-order valence-electron chi connectivity index (χ0n) is 13.1. The lowest BCUT2D eigenvalue weighted by Gasteiger charge is -2.27. The summed E-state index contributed by atoms with van der Waals surface area (Å²) in [5.74, 6) is -0.770. The second kappa shape index (κ2) is 7.43. The Hall–Kier alpha value is -1.36. The standard InChI is InChI=1S/C15H27N3O2/c1-5-12-11-13(6-2)18(17-12)10-8-9-15(7-3,16-4)14(19)20/h11,16H,5-10H2,1-4H3,(H,19,20). The monoisotopic (exact) mass is 281 g/mol. The van der Waals surface area contributed by atoms with Gasteiger partial charge in [-0.3, -0.25) is 9.48 Å². The zero-order valence-corrected chi connectivity index (χ0v) is 13.1. The molecule has 0 saturated carbocycles. The van der Waals surface area contributed by atoms with Crippen LogP contribution in [0.2, 0.25) is 0 Å². The Morgan fingerprint density at radius 1 is 1.40 bits per heavy atom. The number of nitrogens with zero attached hydrogens (tertiary/aromatic N) is 2. The van der Waals surface area contributed by atoms with E-state index in [0.29, 0.717) is 12.8 Å². The van der Waals surface area contributed by atoms with E-state index in [0.717, 1.165) is 31.5 Å². The van der Waals surface area contributed by atoms with E-state index in [9.17, 15) is 9.90 Å². The third-order valence-corrected chi connectivity index (χ3v) is 4.10. The van der Waals surface area contributed by atoms with Crippen molar-refractivity contribution < 1.29 is 9.90 Å². The molecule has 0 aliphatic carbocycles. The van der Waals surface area contributed by atoms with Crippen molar-refractivity contribution in [1.29, 1.82) is 0 Å². The molecule has 1 aromatic rings. The summed E-state index contributed by atoms with van der Waals surface area (Å²) in [4.78, 5) is 11.4. The molecular weight excluding hydrogens is 254 g/mol. The summed E-state index contributed by atoms with van der Waals surface area (Å²) >= 11 is 0. The van der Waals surface area contributed by atoms with Crippen molar-refractivity contribution in [3.05, 3.63) is 17.5 Å². The topological polar surface area (TPSA) is 67.2 Å². The molecule has 114 valence electrons. The highest BCUT2D eigenvalue weighted by atomic mass is 16.4. The molecule has 0 spiro atoms. The molecule has 0 aliphatic heterocycles. The number of aliphatic carboxylic acids is 1. The first-order chi connectivity index (χ1) is 9.52. The Balaban J connectivity index is 2.67. The maximum absolute atomic E-state index is 11.4. The summed E-state index contributed by atoms with van der Waals surface area (Å²) < 4.78 is 2.02. The van der Waals surface area contributed by atoms with Crippen molar-refractivity contribution >= 4 is 5.97 Å². The van der Waals surface area contributed by atoms with E-state index in [-0.39, 0.29) is 0 Å². The van der Waals surface area contributed by atoms with Crippen molar-refractivity contribution in [2.75, 3.05) is 7.05 Å². The summed E-state index contributed by atoms with van der Waals surface area (Å²) in [6.45, 7) is 6.90. The Morgan fingerprint density at radius 3 is 2.55 bits per heavy atom. The average molecular weight is 281 g/mol. The molecule has 1 rings (SSSR count). The van der Waals surface area contributed by atoms with Crippen molar-refractivity contribution in [2.45, 2.75) is 65.0 Å². The van der Waals surface area contributed by atoms with Gasteiger partial charge in [-0.05, 0) is 45.2 Å². The van der Waals surface area contributed by atoms with Gasteiger partial charge in [-0.15, -0.1) is 0 Å². The Kier molecular flexibility index (Phi) is 6.20. The molecule has 5 heteroatoms. The first-order valence-corrected chi connectivity index (χ1v) is 7.50. The van der Waals surface area contributed by atoms with Gasteiger partial charge in [0.15, 0.2) is 0 Å². The van der Waals surface area contributed by atoms with Gasteiger partial charge in [0.1, 0.15) is 5.54 Å². The van der Waals surface area contributed by atoms with Crippen LogP contribution < -0.4 is 5.32 Å². The summed E-state index contributed by atoms with van der Waals surface area (Å²) in [5, 5.41) is 16.9. The van der Waals surface area contributed by atoms with Gasteiger partial charge >= 0.3 is 5.97 Å². The number of hydrogen-bond donors (Lipinski definition) is 2. The van der Waals surface area contributed by atoms with Gasteiger partial charge < -0.3 is 10.4 Å². The van der Waals surface area contributed by atoms with Gasteiger partial charge in [-0.25, -0.2) is 0 Å². The molecule has 5 nitrogen and oxygen atoms in total. The third-order valence-electron chi connectivity index (χ3n) is 4.10. The third kappa shape index (κ3) is 3.60. The number of nitrogens with one attached hydrogen (secondary N) is 1. The van der Waals surface area contributed by atoms with Gasteiger partial charge in [0.25, 0.3) is 0 Å². The molecule has 1 aromatic heterocycles. The highest BCUT2D eigenvalue weighted by molar-refractivity contribution is 5.78. The smallest absolute Gasteiger partial charge is 0.323 e. The molecule has 1 heterocycles. The maximum atomic E-state index is 11.4. The lowest BCUT2D eigenvalue weighted by Crippen LogP contribution is -2.49. The van der Waals surface area contributed by atoms with Crippen molar-refractivity contribution in [2.24, 2.45) is 0 Å². The number of carboxylic acids is 1. The Labute approximate surface area is 121 Å². The van der Waals surface area contributed by atoms with Crippen LogP contribution in [0.1, 0.15) is 51.4 Å². The van der Waals surface area contributed by atoms with Crippen LogP contribution in [0.15, 0.2) is 6.07 Å². The molecule has 2 N–H and O–H groups in total. The van der Waals surface area contributed by atoms with Crippen LogP contribution in [0.5, 0.6) is 0 Å². The van der Waals surface area contributed by atoms with Gasteiger partial charge in [-0.1, -0.05) is 20.8 Å². The van der Waals surface area contributed by atoms with Crippen LogP contribution in [0.25, 0.3) is 0 Å². The summed E-state index contributed by atoms with van der Waals surface area (Å²) in [5.41, 5.74) is 1.52. The number of carbonyl (C=O) groups is 1. The minimum atomic E-state index is -0.812. The van der Waals surface area contributed by atoms with Gasteiger partial charge in [-0.2, -0.15) is 5.10 Å². The molecule has 1 atom stereocenters. The van der Waals surface area contributed by atoms with Crippen molar-refractivity contribution in [3.63, 3.8) is 0 Å². The van der Waals surface area contributed by atoms with Crippen molar-refractivity contribution in [1.82, 2.24) is 15.1 Å². The molecule has 0 saturated heterocycles. The number of carboxylic acid groups (broad SMARTS) is 1. The predicted molar refractivity (Wildman–Crippen MR) is 79.9 cm³/mol. The SMILES string of the molecule is CCc1cc(CC)n(CCCC(CC)(NC)C(=O)O)n1. The largest absolute Gasteiger partial charge is 0.480 e. The summed E-state index contributed by atoms with van der Waals surface area (Å²) in [6, 6.07) is 2.14. The second-order valence-electron chi connectivity index (χ2n) is 5.15. The lowest BCUT2D eigenvalue weighted by atomic mass is 9.90. The van der Waals surface area contributed by atoms with Gasteiger partial charge in [0.05, 0.1) is 5.69 Å². The van der Waals surface area contributed by atoms with Crippen molar-refractivity contribution in [3.8, 4) is 0 Å². The van der Waals surface area contributed by atoms with Crippen LogP contribution in [-0.4, -0.2) is 33.4 Å². The predicted octanol–water partition coefficient (Wildman–Crippen LogP) is 2.24. The molecule has 0 amide bonds. The average Bonchev–Trinajstić information content (AvgIpc) is 2.86. The van der Waals surface area contributed by atoms with Crippen LogP contribution in [0.3, 0.4) is 0 Å². The molecule has 0 aliphatic rings. The van der Waals surface area contributed by atoms with E-state index in [1.807, 2.05) is 11.6 Å². The van der Waals surface area contributed by atoms with E-state index >= 15 is 0 Å². The molecule has 0 radical (unpaired) electrons. The fourth-order valence-corrected chi connectivity index (χ4v) is 2.54. The fourth-order valence-electron chi connectivity index (χ4n) is 2.54. The van der Waals surface area contributed by atoms with Gasteiger partial charge in [0.2, 0.25) is 0 Å². The Bertz CT molecular complexity index is 436. The maximum Gasteiger partial charge on any atom is 0.323 e. The quantitative estimate of drug-likeness (QED) is 0.728. The molecule has 0 bridgehead atoms. The molecule has 0 aromatic carbocycles. The minimum Gasteiger partial charge on any atom is -0.480 e. The summed E-state index contributed by atoms with van der Waals surface area (Å²) in [6.07, 6.45) is 3.89. The zero-order chi connectivity index (χ0) is 15.2. The highest BCUT2D eigenvalue weighted by Crippen LogP contribution is 2.18. The van der Waals surface area contributed by atoms with Crippen LogP contribution >= 0.6 is 0 Å². The fraction of sp³-hybridized carbons (Fsp3) is 0.733. The van der Waals surface area contributed by atoms with E-state index in [1.165, 1.54) is 5.69 Å². The first-order valence-electron chi connectivity index (χ1n) is 7.50. The van der Waals surface area contributed by atoms with E-state index in [1.54, 1.807) is 7.05 Å². The number of aryl methyl sites for hydroxylation is 3. The Morgan fingerprint density at radius 2 is 2.10 bits per heavy atom. The number of hydrogen-bond acceptors (Lipinski definition) is 3. The van der Waals surface area contributed by atoms with E-state index in [2.05, 4.69) is 30.3 Å². The molecule has 0 fully saturated rings. The number of aromatic nitrogens is 2. The lowest BCUT2D eigenvalue weighted by molar-refractivity contribution is -0.145. The van der Waals surface area contributed by atoms with Gasteiger partial charge in [0, 0.05) is 12.2 Å². The molecule has 20 heavy (non-hydrogen) atoms. The van der Waals surface area contributed by atoms with Crippen LogP contribution in [0.4, 0.5) is 0 Å².